The first-order chi connectivity index (χ1) is 11.1. The van der Waals surface area contributed by atoms with Gasteiger partial charge in [-0.3, -0.25) is 4.79 Å². The first-order valence-corrected chi connectivity index (χ1v) is 7.16. The average molecular weight is 345 g/mol. The van der Waals surface area contributed by atoms with Gasteiger partial charge >= 0.3 is 12.1 Å². The Kier molecular flexibility index (Phi) is 6.94. The molecule has 1 N–H and O–H groups in total. The van der Waals surface area contributed by atoms with Crippen molar-refractivity contribution in [2.24, 2.45) is 0 Å². The Hall–Kier alpha value is -2.38. The highest BCUT2D eigenvalue weighted by molar-refractivity contribution is 5.86. The van der Waals surface area contributed by atoms with Crippen LogP contribution in [0.15, 0.2) is 24.3 Å². The number of esters is 1. The molecule has 0 aliphatic carbocycles. The van der Waals surface area contributed by atoms with Crippen LogP contribution in [0.1, 0.15) is 30.9 Å². The topological polar surface area (TPSA) is 72.5 Å². The molecule has 0 aliphatic rings. The summed E-state index contributed by atoms with van der Waals surface area (Å²) in [5, 5.41) is 2.38. The number of nitrogens with one attached hydrogen (secondary N) is 1. The van der Waals surface area contributed by atoms with Gasteiger partial charge < -0.3 is 14.8 Å². The zero-order valence-electron chi connectivity index (χ0n) is 13.3. The van der Waals surface area contributed by atoms with E-state index in [0.29, 0.717) is 0 Å². The van der Waals surface area contributed by atoms with E-state index in [0.717, 1.165) is 19.2 Å². The van der Waals surface area contributed by atoms with Crippen molar-refractivity contribution in [1.82, 2.24) is 5.32 Å². The summed E-state index contributed by atoms with van der Waals surface area (Å²) in [6, 6.07) is 3.36. The molecule has 1 aromatic rings. The summed E-state index contributed by atoms with van der Waals surface area (Å²) >= 11 is 0. The lowest BCUT2D eigenvalue weighted by Crippen LogP contribution is -2.42. The number of hydrogen-bond donors (Lipinski definition) is 1. The summed E-state index contributed by atoms with van der Waals surface area (Å²) < 4.78 is 42.5. The summed E-state index contributed by atoms with van der Waals surface area (Å²) in [7, 11) is 1.14. The quantitative estimate of drug-likeness (QED) is 0.770. The first kappa shape index (κ1) is 19.7. The van der Waals surface area contributed by atoms with Crippen LogP contribution in [0.25, 0.3) is 0 Å². The second kappa shape index (κ2) is 8.47. The van der Waals surface area contributed by atoms with Gasteiger partial charge in [-0.1, -0.05) is 18.2 Å². The second-order valence-electron chi connectivity index (χ2n) is 5.26. The number of benzene rings is 1. The standard InChI is InChI=1S/C16H18F3NO4/c1-10(21)6-7-13(15(23)24-2)20-14(22)9-11-4-3-5-12(8-11)16(17,18)19/h3-5,8,13H,6-7,9H2,1-2H3,(H,20,22)/t13-/m0/s1. The van der Waals surface area contributed by atoms with Crippen molar-refractivity contribution >= 4 is 17.7 Å². The normalized spacial score (nSPS) is 12.4. The van der Waals surface area contributed by atoms with Crippen LogP contribution in [0, 0.1) is 0 Å². The van der Waals surface area contributed by atoms with E-state index < -0.39 is 29.7 Å². The minimum Gasteiger partial charge on any atom is -0.467 e. The molecule has 0 unspecified atom stereocenters. The fourth-order valence-corrected chi connectivity index (χ4v) is 2.03. The molecule has 0 aliphatic heterocycles. The molecule has 0 fully saturated rings. The Morgan fingerprint density at radius 3 is 2.46 bits per heavy atom. The van der Waals surface area contributed by atoms with Crippen LogP contribution in [-0.2, 0) is 31.7 Å². The molecule has 1 atom stereocenters. The SMILES string of the molecule is COC(=O)[C@H](CCC(C)=O)NC(=O)Cc1cccc(C(F)(F)F)c1. The summed E-state index contributed by atoms with van der Waals surface area (Å²) in [5.74, 6) is -1.50. The third-order valence-electron chi connectivity index (χ3n) is 3.22. The maximum Gasteiger partial charge on any atom is 0.416 e. The Balaban J connectivity index is 2.75. The molecular formula is C16H18F3NO4. The van der Waals surface area contributed by atoms with Crippen molar-refractivity contribution < 1.29 is 32.3 Å². The number of ketones is 1. The smallest absolute Gasteiger partial charge is 0.416 e. The van der Waals surface area contributed by atoms with E-state index in [9.17, 15) is 27.6 Å². The average Bonchev–Trinajstić information content (AvgIpc) is 2.49. The lowest BCUT2D eigenvalue weighted by molar-refractivity contribution is -0.145. The fourth-order valence-electron chi connectivity index (χ4n) is 2.03. The molecule has 0 spiro atoms. The van der Waals surface area contributed by atoms with Crippen LogP contribution in [0.2, 0.25) is 0 Å². The monoisotopic (exact) mass is 345 g/mol. The van der Waals surface area contributed by atoms with Crippen LogP contribution in [0.5, 0.6) is 0 Å². The Morgan fingerprint density at radius 2 is 1.92 bits per heavy atom. The third-order valence-corrected chi connectivity index (χ3v) is 3.22. The predicted molar refractivity (Wildman–Crippen MR) is 79.0 cm³/mol. The van der Waals surface area contributed by atoms with Gasteiger partial charge in [0.05, 0.1) is 19.1 Å². The number of carbonyl (C=O) groups excluding carboxylic acids is 3. The van der Waals surface area contributed by atoms with Crippen molar-refractivity contribution in [2.75, 3.05) is 7.11 Å². The van der Waals surface area contributed by atoms with Gasteiger partial charge in [0.2, 0.25) is 5.91 Å². The molecule has 1 rings (SSSR count). The molecule has 1 aromatic carbocycles. The Bertz CT molecular complexity index is 614. The van der Waals surface area contributed by atoms with Gasteiger partial charge in [0, 0.05) is 6.42 Å². The number of ether oxygens (including phenoxy) is 1. The molecule has 0 radical (unpaired) electrons. The van der Waals surface area contributed by atoms with Crippen LogP contribution in [0.4, 0.5) is 13.2 Å². The van der Waals surface area contributed by atoms with Gasteiger partial charge in [0.1, 0.15) is 11.8 Å². The van der Waals surface area contributed by atoms with E-state index in [-0.39, 0.29) is 30.6 Å². The minimum absolute atomic E-state index is 0.0658. The molecule has 0 saturated heterocycles. The van der Waals surface area contributed by atoms with Gasteiger partial charge in [-0.05, 0) is 25.0 Å². The molecule has 0 bridgehead atoms. The number of carbonyl (C=O) groups is 3. The number of alkyl halides is 3. The summed E-state index contributed by atoms with van der Waals surface area (Å²) in [4.78, 5) is 34.6. The van der Waals surface area contributed by atoms with E-state index >= 15 is 0 Å². The Labute approximate surface area is 137 Å². The molecule has 0 heterocycles. The van der Waals surface area contributed by atoms with Crippen LogP contribution in [-0.4, -0.2) is 30.8 Å². The molecule has 0 saturated carbocycles. The summed E-state index contributed by atoms with van der Waals surface area (Å²) in [5.41, 5.74) is -0.689. The third kappa shape index (κ3) is 6.39. The van der Waals surface area contributed by atoms with Gasteiger partial charge in [0.25, 0.3) is 0 Å². The van der Waals surface area contributed by atoms with E-state index in [4.69, 9.17) is 0 Å². The van der Waals surface area contributed by atoms with Crippen molar-refractivity contribution in [3.05, 3.63) is 35.4 Å². The minimum atomic E-state index is -4.50. The molecule has 1 amide bonds. The van der Waals surface area contributed by atoms with E-state index in [1.165, 1.54) is 19.1 Å². The van der Waals surface area contributed by atoms with Crippen LogP contribution < -0.4 is 5.32 Å². The van der Waals surface area contributed by atoms with Crippen molar-refractivity contribution in [1.29, 1.82) is 0 Å². The number of hydrogen-bond acceptors (Lipinski definition) is 4. The molecule has 8 heteroatoms. The Morgan fingerprint density at radius 1 is 1.25 bits per heavy atom. The number of halogens is 3. The van der Waals surface area contributed by atoms with Gasteiger partial charge in [-0.25, -0.2) is 4.79 Å². The zero-order chi connectivity index (χ0) is 18.3. The van der Waals surface area contributed by atoms with Crippen LogP contribution >= 0.6 is 0 Å². The molecule has 24 heavy (non-hydrogen) atoms. The van der Waals surface area contributed by atoms with Crippen molar-refractivity contribution in [2.45, 2.75) is 38.4 Å². The lowest BCUT2D eigenvalue weighted by Gasteiger charge is -2.16. The largest absolute Gasteiger partial charge is 0.467 e. The molecule has 132 valence electrons. The maximum atomic E-state index is 12.6. The molecule has 0 aromatic heterocycles. The predicted octanol–water partition coefficient (Wildman–Crippen LogP) is 2.27. The van der Waals surface area contributed by atoms with E-state index in [1.54, 1.807) is 0 Å². The molecular weight excluding hydrogens is 327 g/mol. The maximum absolute atomic E-state index is 12.6. The number of Topliss-reactive ketones (excluding diaryl/α,β-unsaturated/α-hetero) is 1. The molecule has 5 nitrogen and oxygen atoms in total. The van der Waals surface area contributed by atoms with Gasteiger partial charge in [-0.15, -0.1) is 0 Å². The highest BCUT2D eigenvalue weighted by Crippen LogP contribution is 2.29. The second-order valence-corrected chi connectivity index (χ2v) is 5.26. The van der Waals surface area contributed by atoms with Crippen LogP contribution in [0.3, 0.4) is 0 Å². The highest BCUT2D eigenvalue weighted by Gasteiger charge is 2.30. The zero-order valence-corrected chi connectivity index (χ0v) is 13.3. The highest BCUT2D eigenvalue weighted by atomic mass is 19.4. The fraction of sp³-hybridized carbons (Fsp3) is 0.438. The van der Waals surface area contributed by atoms with Crippen molar-refractivity contribution in [3.63, 3.8) is 0 Å². The lowest BCUT2D eigenvalue weighted by atomic mass is 10.1. The first-order valence-electron chi connectivity index (χ1n) is 7.16. The summed E-state index contributed by atoms with van der Waals surface area (Å²) in [6.45, 7) is 1.35. The van der Waals surface area contributed by atoms with E-state index in [2.05, 4.69) is 10.1 Å². The summed E-state index contributed by atoms with van der Waals surface area (Å²) in [6.07, 6.45) is -4.68. The number of rotatable bonds is 7. The van der Waals surface area contributed by atoms with Crippen molar-refractivity contribution in [3.8, 4) is 0 Å². The number of amides is 1. The van der Waals surface area contributed by atoms with E-state index in [1.807, 2.05) is 0 Å². The van der Waals surface area contributed by atoms with Gasteiger partial charge in [0.15, 0.2) is 0 Å². The number of methoxy groups -OCH3 is 1. The van der Waals surface area contributed by atoms with Gasteiger partial charge in [-0.2, -0.15) is 13.2 Å².